The minimum atomic E-state index is -0.601. The second-order valence-electron chi connectivity index (χ2n) is 9.86. The smallest absolute Gasteiger partial charge is 0.336 e. The summed E-state index contributed by atoms with van der Waals surface area (Å²) in [4.78, 5) is 26.3. The molecule has 2 aromatic carbocycles. The van der Waals surface area contributed by atoms with Crippen LogP contribution in [0.3, 0.4) is 0 Å². The third-order valence-corrected chi connectivity index (χ3v) is 6.86. The monoisotopic (exact) mass is 513 g/mol. The molecule has 2 aliphatic rings. The molecule has 0 saturated heterocycles. The Morgan fingerprint density at radius 2 is 1.86 bits per heavy atom. The first-order valence-electron chi connectivity index (χ1n) is 11.6. The van der Waals surface area contributed by atoms with Gasteiger partial charge in [-0.15, -0.1) is 0 Å². The number of carbonyl (C=O) groups is 2. The minimum Gasteiger partial charge on any atom is -0.496 e. The number of Topliss-reactive ketones (excluding diaryl/α,β-unsaturated/α-hetero) is 1. The maximum atomic E-state index is 13.4. The van der Waals surface area contributed by atoms with Crippen LogP contribution in [0.25, 0.3) is 0 Å². The highest BCUT2D eigenvalue weighted by atomic mass is 35.5. The highest BCUT2D eigenvalue weighted by molar-refractivity contribution is 6.32. The molecule has 1 aliphatic carbocycles. The van der Waals surface area contributed by atoms with Gasteiger partial charge in [0, 0.05) is 34.9 Å². The Morgan fingerprint density at radius 1 is 1.14 bits per heavy atom. The van der Waals surface area contributed by atoms with E-state index in [1.165, 1.54) is 25.3 Å². The summed E-state index contributed by atoms with van der Waals surface area (Å²) < 4.78 is 29.9. The SMILES string of the molecule is COC(=O)C1=C(C)NC2=C(C(=O)CC(C)(C)C2)[C@@H]1c1ccc(OC)c(COc2ccc(F)cc2Cl)c1. The van der Waals surface area contributed by atoms with E-state index in [0.717, 1.165) is 11.3 Å². The summed E-state index contributed by atoms with van der Waals surface area (Å²) in [5, 5.41) is 3.46. The van der Waals surface area contributed by atoms with Crippen LogP contribution in [0.2, 0.25) is 5.02 Å². The van der Waals surface area contributed by atoms with Gasteiger partial charge in [0.2, 0.25) is 0 Å². The van der Waals surface area contributed by atoms with Crippen LogP contribution in [0.4, 0.5) is 4.39 Å². The molecule has 0 unspecified atom stereocenters. The molecule has 0 spiro atoms. The zero-order valence-electron chi connectivity index (χ0n) is 21.0. The molecule has 0 fully saturated rings. The molecule has 1 N–H and O–H groups in total. The van der Waals surface area contributed by atoms with E-state index in [9.17, 15) is 14.0 Å². The van der Waals surface area contributed by atoms with Crippen LogP contribution < -0.4 is 14.8 Å². The van der Waals surface area contributed by atoms with E-state index in [0.29, 0.717) is 46.7 Å². The van der Waals surface area contributed by atoms with Crippen molar-refractivity contribution in [2.24, 2.45) is 5.41 Å². The highest BCUT2D eigenvalue weighted by Gasteiger charge is 2.43. The molecular weight excluding hydrogens is 485 g/mol. The van der Waals surface area contributed by atoms with Gasteiger partial charge in [0.15, 0.2) is 5.78 Å². The number of esters is 1. The van der Waals surface area contributed by atoms with Crippen LogP contribution in [0, 0.1) is 11.2 Å². The number of allylic oxidation sites excluding steroid dienone is 3. The highest BCUT2D eigenvalue weighted by Crippen LogP contribution is 2.47. The predicted molar refractivity (Wildman–Crippen MR) is 134 cm³/mol. The maximum absolute atomic E-state index is 13.4. The van der Waals surface area contributed by atoms with E-state index in [4.69, 9.17) is 25.8 Å². The summed E-state index contributed by atoms with van der Waals surface area (Å²) in [6, 6.07) is 9.40. The van der Waals surface area contributed by atoms with Crippen LogP contribution in [-0.2, 0) is 20.9 Å². The number of nitrogens with one attached hydrogen (secondary N) is 1. The minimum absolute atomic E-state index is 0.000588. The molecule has 8 heteroatoms. The maximum Gasteiger partial charge on any atom is 0.336 e. The number of ether oxygens (including phenoxy) is 3. The predicted octanol–water partition coefficient (Wildman–Crippen LogP) is 5.84. The van der Waals surface area contributed by atoms with Gasteiger partial charge in [-0.3, -0.25) is 4.79 Å². The molecule has 2 aromatic rings. The second kappa shape index (κ2) is 9.97. The fourth-order valence-electron chi connectivity index (χ4n) is 4.99. The Balaban J connectivity index is 1.78. The van der Waals surface area contributed by atoms with Crippen LogP contribution in [0.15, 0.2) is 58.9 Å². The summed E-state index contributed by atoms with van der Waals surface area (Å²) in [6.07, 6.45) is 1.07. The largest absolute Gasteiger partial charge is 0.496 e. The van der Waals surface area contributed by atoms with E-state index in [1.54, 1.807) is 13.2 Å². The summed E-state index contributed by atoms with van der Waals surface area (Å²) in [5.41, 5.74) is 3.69. The van der Waals surface area contributed by atoms with Crippen LogP contribution in [0.1, 0.15) is 50.7 Å². The van der Waals surface area contributed by atoms with Gasteiger partial charge in [0.1, 0.15) is 23.9 Å². The fourth-order valence-corrected chi connectivity index (χ4v) is 5.21. The second-order valence-corrected chi connectivity index (χ2v) is 10.3. The number of dihydropyridines is 1. The van der Waals surface area contributed by atoms with Crippen molar-refractivity contribution >= 4 is 23.4 Å². The number of halogens is 2. The van der Waals surface area contributed by atoms with E-state index in [1.807, 2.05) is 19.1 Å². The van der Waals surface area contributed by atoms with Crippen molar-refractivity contribution in [3.63, 3.8) is 0 Å². The molecule has 4 rings (SSSR count). The topological polar surface area (TPSA) is 73.9 Å². The number of ketones is 1. The first kappa shape index (κ1) is 25.8. The summed E-state index contributed by atoms with van der Waals surface area (Å²) in [7, 11) is 2.88. The van der Waals surface area contributed by atoms with Gasteiger partial charge in [0.05, 0.1) is 24.8 Å². The summed E-state index contributed by atoms with van der Waals surface area (Å²) >= 11 is 6.12. The average Bonchev–Trinajstić information content (AvgIpc) is 2.81. The average molecular weight is 514 g/mol. The Labute approximate surface area is 215 Å². The molecular formula is C28H29ClFNO5. The van der Waals surface area contributed by atoms with Crippen molar-refractivity contribution in [1.29, 1.82) is 0 Å². The lowest BCUT2D eigenvalue weighted by molar-refractivity contribution is -0.136. The lowest BCUT2D eigenvalue weighted by Gasteiger charge is -2.39. The molecule has 36 heavy (non-hydrogen) atoms. The Kier molecular flexibility index (Phi) is 7.14. The van der Waals surface area contributed by atoms with E-state index >= 15 is 0 Å². The number of hydrogen-bond donors (Lipinski definition) is 1. The van der Waals surface area contributed by atoms with Crippen molar-refractivity contribution in [1.82, 2.24) is 5.32 Å². The molecule has 6 nitrogen and oxygen atoms in total. The molecule has 1 heterocycles. The lowest BCUT2D eigenvalue weighted by atomic mass is 9.68. The number of carbonyl (C=O) groups excluding carboxylic acids is 2. The first-order chi connectivity index (χ1) is 17.0. The number of rotatable bonds is 6. The first-order valence-corrected chi connectivity index (χ1v) is 12.0. The van der Waals surface area contributed by atoms with E-state index < -0.39 is 17.7 Å². The van der Waals surface area contributed by atoms with Gasteiger partial charge < -0.3 is 19.5 Å². The fraction of sp³-hybridized carbons (Fsp3) is 0.357. The molecule has 0 amide bonds. The van der Waals surface area contributed by atoms with Gasteiger partial charge in [-0.1, -0.05) is 31.5 Å². The Morgan fingerprint density at radius 3 is 2.53 bits per heavy atom. The Hall–Kier alpha value is -3.32. The third-order valence-electron chi connectivity index (χ3n) is 6.56. The zero-order chi connectivity index (χ0) is 26.2. The quantitative estimate of drug-likeness (QED) is 0.489. The van der Waals surface area contributed by atoms with Gasteiger partial charge in [-0.2, -0.15) is 0 Å². The number of hydrogen-bond acceptors (Lipinski definition) is 6. The lowest BCUT2D eigenvalue weighted by Crippen LogP contribution is -2.38. The van der Waals surface area contributed by atoms with Crippen molar-refractivity contribution in [3.05, 3.63) is 80.9 Å². The van der Waals surface area contributed by atoms with Crippen molar-refractivity contribution in [3.8, 4) is 11.5 Å². The van der Waals surface area contributed by atoms with Crippen molar-refractivity contribution in [2.45, 2.75) is 46.1 Å². The van der Waals surface area contributed by atoms with Gasteiger partial charge in [-0.05, 0) is 54.7 Å². The van der Waals surface area contributed by atoms with Crippen LogP contribution in [0.5, 0.6) is 11.5 Å². The molecule has 0 bridgehead atoms. The Bertz CT molecular complexity index is 1300. The molecule has 1 atom stereocenters. The van der Waals surface area contributed by atoms with Gasteiger partial charge >= 0.3 is 5.97 Å². The molecule has 0 radical (unpaired) electrons. The molecule has 0 saturated carbocycles. The van der Waals surface area contributed by atoms with Crippen LogP contribution in [-0.4, -0.2) is 26.0 Å². The number of methoxy groups -OCH3 is 2. The van der Waals surface area contributed by atoms with Crippen molar-refractivity contribution in [2.75, 3.05) is 14.2 Å². The molecule has 190 valence electrons. The van der Waals surface area contributed by atoms with E-state index in [2.05, 4.69) is 19.2 Å². The van der Waals surface area contributed by atoms with Gasteiger partial charge in [-0.25, -0.2) is 9.18 Å². The van der Waals surface area contributed by atoms with Gasteiger partial charge in [0.25, 0.3) is 0 Å². The zero-order valence-corrected chi connectivity index (χ0v) is 21.7. The number of benzene rings is 2. The molecule has 0 aromatic heterocycles. The summed E-state index contributed by atoms with van der Waals surface area (Å²) in [6.45, 7) is 6.02. The third kappa shape index (κ3) is 4.98. The molecule has 1 aliphatic heterocycles. The van der Waals surface area contributed by atoms with Crippen LogP contribution >= 0.6 is 11.6 Å². The van der Waals surface area contributed by atoms with E-state index in [-0.39, 0.29) is 22.8 Å². The van der Waals surface area contributed by atoms with Crippen molar-refractivity contribution < 1.29 is 28.2 Å². The normalized spacial score (nSPS) is 19.0. The summed E-state index contributed by atoms with van der Waals surface area (Å²) in [5.74, 6) is -0.666. The standard InChI is InChI=1S/C28H29ClFNO5/c1-15-24(27(33)35-5)25(26-20(31-15)12-28(2,3)13-21(26)32)16-6-8-22(34-4)17(10-16)14-36-23-9-7-18(30)11-19(23)29/h6-11,25,31H,12-14H2,1-5H3/t25-/m1/s1.